The number of anilines is 1. The van der Waals surface area contributed by atoms with Crippen LogP contribution in [-0.2, 0) is 0 Å². The molecule has 7 aromatic carbocycles. The van der Waals surface area contributed by atoms with Crippen molar-refractivity contribution in [2.45, 2.75) is 27.6 Å². The number of nitrogens with two attached hydrogens (primary N) is 2. The van der Waals surface area contributed by atoms with Crippen molar-refractivity contribution in [3.8, 4) is 28.0 Å². The molecule has 3 heterocycles. The Morgan fingerprint density at radius 1 is 0.592 bits per heavy atom. The lowest BCUT2D eigenvalue weighted by atomic mass is 9.80. The number of primary amides is 1. The first-order valence-electron chi connectivity index (χ1n) is 22.5. The number of alkyl halides is 4. The average Bonchev–Trinajstić information content (AvgIpc) is 3.42. The van der Waals surface area contributed by atoms with Crippen molar-refractivity contribution in [2.24, 2.45) is 5.73 Å². The second-order valence-corrected chi connectivity index (χ2v) is 17.2. The summed E-state index contributed by atoms with van der Waals surface area (Å²) in [7, 11) is 0.403. The molecule has 0 fully saturated rings. The van der Waals surface area contributed by atoms with Gasteiger partial charge in [0.2, 0.25) is 0 Å². The van der Waals surface area contributed by atoms with Crippen LogP contribution in [0.3, 0.4) is 0 Å². The molecule has 0 saturated carbocycles. The topological polar surface area (TPSA) is 295 Å². The summed E-state index contributed by atoms with van der Waals surface area (Å²) in [5.41, 5.74) is 18.3. The molecule has 10 aromatic rings. The molecule has 0 atom stereocenters. The second kappa shape index (κ2) is 28.2. The van der Waals surface area contributed by atoms with Crippen molar-refractivity contribution in [3.05, 3.63) is 202 Å². The lowest BCUT2D eigenvalue weighted by Gasteiger charge is -2.09. The van der Waals surface area contributed by atoms with Gasteiger partial charge in [0, 0.05) is 16.0 Å². The summed E-state index contributed by atoms with van der Waals surface area (Å²) in [6, 6.07) is 41.4. The molecular formula is C51H46BBr2F4N11O7. The number of halogens is 6. The van der Waals surface area contributed by atoms with Crippen LogP contribution < -0.4 is 38.3 Å². The molecule has 3 aromatic heterocycles. The zero-order valence-electron chi connectivity index (χ0n) is 41.5. The largest absolute Gasteiger partial charge is 0.573 e. The van der Waals surface area contributed by atoms with E-state index in [4.69, 9.17) is 22.9 Å². The second-order valence-electron chi connectivity index (χ2n) is 15.4. The van der Waals surface area contributed by atoms with E-state index in [-0.39, 0.29) is 22.4 Å². The summed E-state index contributed by atoms with van der Waals surface area (Å²) < 4.78 is 57.0. The van der Waals surface area contributed by atoms with Crippen LogP contribution >= 0.6 is 31.9 Å². The third-order valence-electron chi connectivity index (χ3n) is 10.1. The highest BCUT2D eigenvalue weighted by Gasteiger charge is 2.31. The normalized spacial score (nSPS) is 10.3. The Morgan fingerprint density at radius 3 is 1.37 bits per heavy atom. The number of H-pyrrole nitrogens is 3. The monoisotopic (exact) mass is 1170 g/mol. The number of carbonyl (C=O) groups is 1. The highest BCUT2D eigenvalue weighted by molar-refractivity contribution is 9.10. The zero-order chi connectivity index (χ0) is 56.8. The molecule has 1 amide bonds. The van der Waals surface area contributed by atoms with Crippen LogP contribution in [0.5, 0.6) is 5.75 Å². The van der Waals surface area contributed by atoms with E-state index in [1.807, 2.05) is 62.4 Å². The van der Waals surface area contributed by atoms with Crippen molar-refractivity contribution in [2.75, 3.05) is 12.9 Å². The molecule has 0 unspecified atom stereocenters. The predicted molar refractivity (Wildman–Crippen MR) is 292 cm³/mol. The number of rotatable bonds is 5. The summed E-state index contributed by atoms with van der Waals surface area (Å²) in [5, 5.41) is 47.5. The fourth-order valence-corrected chi connectivity index (χ4v) is 7.10. The van der Waals surface area contributed by atoms with Gasteiger partial charge in [0.05, 0.1) is 28.9 Å². The number of fused-ring (bicyclic) bond motifs is 3. The van der Waals surface area contributed by atoms with Crippen LogP contribution in [0.4, 0.5) is 23.2 Å². The first-order valence-corrected chi connectivity index (χ1v) is 23.1. The van der Waals surface area contributed by atoms with Gasteiger partial charge in [-0.15, -0.1) is 28.5 Å². The van der Waals surface area contributed by atoms with Crippen LogP contribution in [0.15, 0.2) is 169 Å². The molecule has 0 aliphatic heterocycles. The first kappa shape index (κ1) is 58.4. The Balaban J connectivity index is 0.000000211. The van der Waals surface area contributed by atoms with Crippen LogP contribution in [0.2, 0.25) is 0 Å². The van der Waals surface area contributed by atoms with Gasteiger partial charge in [-0.1, -0.05) is 139 Å². The lowest BCUT2D eigenvalue weighted by molar-refractivity contribution is -0.274. The summed E-state index contributed by atoms with van der Waals surface area (Å²) in [4.78, 5) is 45.2. The van der Waals surface area contributed by atoms with Crippen LogP contribution in [0.25, 0.3) is 55.0 Å². The highest BCUT2D eigenvalue weighted by Crippen LogP contribution is 2.28. The number of aryl methyl sites for hydroxylation is 2. The van der Waals surface area contributed by atoms with Crippen LogP contribution in [-0.4, -0.2) is 82.8 Å². The molecule has 0 spiro atoms. The van der Waals surface area contributed by atoms with Gasteiger partial charge in [0.15, 0.2) is 0 Å². The minimum atomic E-state index is -4.73. The molecule has 0 aliphatic rings. The lowest BCUT2D eigenvalue weighted by Crippen LogP contribution is -2.29. The fourth-order valence-electron chi connectivity index (χ4n) is 6.38. The minimum absolute atomic E-state index is 0.214. The number of ether oxygens (including phenoxy) is 1. The predicted octanol–water partition coefficient (Wildman–Crippen LogP) is 8.28. The minimum Gasteiger partial charge on any atom is -0.423 e. The van der Waals surface area contributed by atoms with Gasteiger partial charge >= 0.3 is 13.5 Å². The van der Waals surface area contributed by atoms with E-state index in [0.29, 0.717) is 67.7 Å². The summed E-state index contributed by atoms with van der Waals surface area (Å²) in [6.07, 6.45) is -4.73. The number of nitrogen functional groups attached to an aromatic ring is 1. The van der Waals surface area contributed by atoms with Crippen LogP contribution in [0, 0.1) is 13.8 Å². The molecule has 18 nitrogen and oxygen atoms in total. The number of aromatic amines is 3. The molecule has 9 N–H and O–H groups in total. The van der Waals surface area contributed by atoms with Crippen molar-refractivity contribution in [1.29, 1.82) is 0 Å². The molecule has 25 heteroatoms. The molecule has 0 saturated heterocycles. The van der Waals surface area contributed by atoms with E-state index in [9.17, 15) is 36.7 Å². The Morgan fingerprint density at radius 2 is 0.961 bits per heavy atom. The number of hydrogen-bond acceptors (Lipinski definition) is 14. The van der Waals surface area contributed by atoms with E-state index < -0.39 is 19.4 Å². The van der Waals surface area contributed by atoms with Crippen LogP contribution in [0.1, 0.15) is 30.3 Å². The average molecular weight is 1170 g/mol. The van der Waals surface area contributed by atoms with E-state index >= 15 is 0 Å². The summed E-state index contributed by atoms with van der Waals surface area (Å²) in [5.74, 6) is -0.815. The van der Waals surface area contributed by atoms with Gasteiger partial charge in [-0.3, -0.25) is 23.6 Å². The van der Waals surface area contributed by atoms with E-state index in [1.165, 1.54) is 37.2 Å². The summed E-state index contributed by atoms with van der Waals surface area (Å²) >= 11 is 6.47. The standard InChI is InChI=1S/C14H8F3N3O2.C14H11N3O.C7H9BO2.C7H4BrN3O.C7H7BrN2O.CH3F.CH4/c15-14(16,17)22-10-4-1-8(2-5-10)9-3-6-12-11(7-9)13(21)19-20-18-12;1-9-2-4-10(5-3-9)11-6-7-13-12(8-11)14(18)16-17-15-13;1-6-2-4-7(5-3-6)8(9)10;8-4-1-2-6-5(3-4)7(12)10-11-9-6;8-4-1-2-6(9)5(3-4)7(10)11;1-2;/h1-7H,(H,18,19,21);2-8H,1H3,(H,15,16,18);2-5,9-10H,1H3;1-3H,(H,9,10,12);1-3H,9H2,(H2,10,11);1H3;1H4/i;;;;;;1D. The SMILES string of the molecule is CF.Cc1ccc(-c2ccc3nn[nH]c(=O)c3c2)cc1.Cc1ccc(B(O)O)cc1.NC(=O)c1cc(Br)ccc1N.O=c1[nH]nnc2ccc(-c3ccc(OC(F)(F)F)cc3)cc12.O=c1[nH]nnc2ccc(Br)cc12.[2H]C. The molecule has 10 rings (SSSR count). The maximum Gasteiger partial charge on any atom is 0.573 e. The maximum atomic E-state index is 12.1. The Kier molecular flexibility index (Phi) is 21.7. The molecule has 0 bridgehead atoms. The number of nitrogens with one attached hydrogen (secondary N) is 3. The molecular weight excluding hydrogens is 1130 g/mol. The molecule has 0 radical (unpaired) electrons. The van der Waals surface area contributed by atoms with Crippen molar-refractivity contribution >= 4 is 88.7 Å². The van der Waals surface area contributed by atoms with Crippen molar-refractivity contribution in [3.63, 3.8) is 0 Å². The number of amides is 1. The van der Waals surface area contributed by atoms with Crippen molar-refractivity contribution in [1.82, 2.24) is 46.2 Å². The Hall–Kier alpha value is -8.52. The van der Waals surface area contributed by atoms with E-state index in [2.05, 4.69) is 95.0 Å². The maximum absolute atomic E-state index is 12.1. The third-order valence-corrected chi connectivity index (χ3v) is 11.1. The number of hydrogen-bond donors (Lipinski definition) is 7. The highest BCUT2D eigenvalue weighted by atomic mass is 79.9. The number of aromatic nitrogens is 9. The summed E-state index contributed by atoms with van der Waals surface area (Å²) in [6.45, 7) is 4.00. The fraction of sp³-hybridized carbons (Fsp3) is 0.0980. The molecule has 0 aliphatic carbocycles. The third kappa shape index (κ3) is 17.6. The first-order chi connectivity index (χ1) is 36.7. The van der Waals surface area contributed by atoms with Crippen molar-refractivity contribution < 1.29 is 38.5 Å². The van der Waals surface area contributed by atoms with E-state index in [1.54, 1.807) is 60.7 Å². The van der Waals surface area contributed by atoms with Gasteiger partial charge in [0.25, 0.3) is 22.6 Å². The number of carbonyl (C=O) groups excluding carboxylic acids is 1. The van der Waals surface area contributed by atoms with Gasteiger partial charge < -0.3 is 26.3 Å². The van der Waals surface area contributed by atoms with E-state index in [0.717, 1.165) is 25.6 Å². The molecule has 392 valence electrons. The zero-order valence-corrected chi connectivity index (χ0v) is 43.6. The van der Waals surface area contributed by atoms with Gasteiger partial charge in [0.1, 0.15) is 22.3 Å². The number of benzene rings is 7. The molecule has 76 heavy (non-hydrogen) atoms. The quantitative estimate of drug-likeness (QED) is 0.0485. The smallest absolute Gasteiger partial charge is 0.423 e. The Labute approximate surface area is 448 Å². The van der Waals surface area contributed by atoms with Gasteiger partial charge in [-0.25, -0.2) is 15.3 Å². The van der Waals surface area contributed by atoms with Gasteiger partial charge in [-0.2, -0.15) is 0 Å². The van der Waals surface area contributed by atoms with Gasteiger partial charge in [-0.05, 0) is 114 Å². The Bertz CT molecular complexity index is 3710. The number of nitrogens with zero attached hydrogens (tertiary/aromatic N) is 6.